The molecule has 3 rings (SSSR count). The standard InChI is InChI=1S/C20H23ClN2O2/c1-16-6-8-18(9-7-16)25-15-20(24)23-12-10-22(11-13-23)14-17-4-2-3-5-19(17)21/h2-9H,10-15H2,1H3/p+1. The molecule has 0 unspecified atom stereocenters. The second kappa shape index (κ2) is 8.37. The molecule has 1 N–H and O–H groups in total. The van der Waals surface area contributed by atoms with Crippen LogP contribution in [0.3, 0.4) is 0 Å². The minimum Gasteiger partial charge on any atom is -0.484 e. The number of nitrogens with zero attached hydrogens (tertiary/aromatic N) is 1. The Balaban J connectivity index is 1.44. The van der Waals surface area contributed by atoms with Crippen LogP contribution in [-0.4, -0.2) is 43.6 Å². The Hall–Kier alpha value is -2.04. The smallest absolute Gasteiger partial charge is 0.260 e. The molecule has 0 spiro atoms. The maximum Gasteiger partial charge on any atom is 0.260 e. The van der Waals surface area contributed by atoms with Crippen LogP contribution in [0.25, 0.3) is 0 Å². The van der Waals surface area contributed by atoms with Gasteiger partial charge in [0.1, 0.15) is 12.3 Å². The summed E-state index contributed by atoms with van der Waals surface area (Å²) in [7, 11) is 0. The molecule has 4 nitrogen and oxygen atoms in total. The summed E-state index contributed by atoms with van der Waals surface area (Å²) in [5, 5.41) is 0.819. The molecule has 1 aliphatic heterocycles. The molecule has 132 valence electrons. The molecule has 0 saturated carbocycles. The van der Waals surface area contributed by atoms with Crippen molar-refractivity contribution in [2.45, 2.75) is 13.5 Å². The molecule has 1 fully saturated rings. The van der Waals surface area contributed by atoms with E-state index in [2.05, 4.69) is 6.07 Å². The highest BCUT2D eigenvalue weighted by atomic mass is 35.5. The average Bonchev–Trinajstić information content (AvgIpc) is 2.63. The maximum atomic E-state index is 12.3. The summed E-state index contributed by atoms with van der Waals surface area (Å²) in [5.41, 5.74) is 2.35. The molecule has 1 amide bonds. The third-order valence-electron chi connectivity index (χ3n) is 4.60. The Morgan fingerprint density at radius 3 is 2.48 bits per heavy atom. The zero-order valence-electron chi connectivity index (χ0n) is 14.5. The largest absolute Gasteiger partial charge is 0.484 e. The van der Waals surface area contributed by atoms with Gasteiger partial charge in [0, 0.05) is 10.6 Å². The number of benzene rings is 2. The van der Waals surface area contributed by atoms with E-state index in [9.17, 15) is 4.79 Å². The van der Waals surface area contributed by atoms with Crippen LogP contribution in [0.2, 0.25) is 5.02 Å². The van der Waals surface area contributed by atoms with Gasteiger partial charge in [-0.05, 0) is 25.1 Å². The van der Waals surface area contributed by atoms with E-state index in [-0.39, 0.29) is 12.5 Å². The number of nitrogens with one attached hydrogen (secondary N) is 1. The SMILES string of the molecule is Cc1ccc(OCC(=O)N2CC[NH+](Cc3ccccc3Cl)CC2)cc1. The Labute approximate surface area is 154 Å². The van der Waals surface area contributed by atoms with E-state index in [0.29, 0.717) is 0 Å². The maximum absolute atomic E-state index is 12.3. The van der Waals surface area contributed by atoms with Gasteiger partial charge in [-0.3, -0.25) is 4.79 Å². The second-order valence-corrected chi connectivity index (χ2v) is 6.91. The quantitative estimate of drug-likeness (QED) is 0.885. The van der Waals surface area contributed by atoms with E-state index in [1.807, 2.05) is 54.3 Å². The Kier molecular flexibility index (Phi) is 5.95. The van der Waals surface area contributed by atoms with Gasteiger partial charge in [0.15, 0.2) is 6.61 Å². The Morgan fingerprint density at radius 1 is 1.12 bits per heavy atom. The van der Waals surface area contributed by atoms with Gasteiger partial charge in [-0.25, -0.2) is 0 Å². The van der Waals surface area contributed by atoms with E-state index in [4.69, 9.17) is 16.3 Å². The van der Waals surface area contributed by atoms with Crippen molar-refractivity contribution in [3.8, 4) is 5.75 Å². The van der Waals surface area contributed by atoms with Crippen LogP contribution in [0.1, 0.15) is 11.1 Å². The predicted octanol–water partition coefficient (Wildman–Crippen LogP) is 1.95. The minimum atomic E-state index is 0.0531. The van der Waals surface area contributed by atoms with Crippen LogP contribution in [0, 0.1) is 6.92 Å². The van der Waals surface area contributed by atoms with E-state index in [0.717, 1.165) is 43.5 Å². The average molecular weight is 360 g/mol. The van der Waals surface area contributed by atoms with Crippen molar-refractivity contribution >= 4 is 17.5 Å². The summed E-state index contributed by atoms with van der Waals surface area (Å²) in [4.78, 5) is 15.7. The second-order valence-electron chi connectivity index (χ2n) is 6.50. The number of carbonyl (C=O) groups excluding carboxylic acids is 1. The number of aryl methyl sites for hydroxylation is 1. The Bertz CT molecular complexity index is 710. The number of carbonyl (C=O) groups is 1. The Morgan fingerprint density at radius 2 is 1.80 bits per heavy atom. The van der Waals surface area contributed by atoms with Gasteiger partial charge in [0.25, 0.3) is 5.91 Å². The first-order chi connectivity index (χ1) is 12.1. The van der Waals surface area contributed by atoms with Crippen LogP contribution in [0.4, 0.5) is 0 Å². The molecule has 25 heavy (non-hydrogen) atoms. The molecular formula is C20H24ClN2O2+. The third-order valence-corrected chi connectivity index (χ3v) is 4.97. The molecule has 1 aliphatic rings. The summed E-state index contributed by atoms with van der Waals surface area (Å²) in [5.74, 6) is 0.791. The molecule has 0 atom stereocenters. The minimum absolute atomic E-state index is 0.0531. The summed E-state index contributed by atoms with van der Waals surface area (Å²) in [6, 6.07) is 15.7. The number of hydrogen-bond donors (Lipinski definition) is 1. The van der Waals surface area contributed by atoms with Crippen LogP contribution in [0.5, 0.6) is 5.75 Å². The summed E-state index contributed by atoms with van der Waals surface area (Å²) in [6.45, 7) is 6.42. The normalized spacial score (nSPS) is 15.2. The number of rotatable bonds is 5. The van der Waals surface area contributed by atoms with Gasteiger partial charge in [0.2, 0.25) is 0 Å². The van der Waals surface area contributed by atoms with Crippen molar-refractivity contribution in [1.29, 1.82) is 0 Å². The third kappa shape index (κ3) is 4.97. The van der Waals surface area contributed by atoms with Gasteiger partial charge >= 0.3 is 0 Å². The predicted molar refractivity (Wildman–Crippen MR) is 99.1 cm³/mol. The van der Waals surface area contributed by atoms with Crippen molar-refractivity contribution in [3.05, 3.63) is 64.7 Å². The first-order valence-electron chi connectivity index (χ1n) is 8.66. The number of hydrogen-bond acceptors (Lipinski definition) is 2. The number of amides is 1. The first kappa shape index (κ1) is 17.8. The van der Waals surface area contributed by atoms with Crippen LogP contribution < -0.4 is 9.64 Å². The lowest BCUT2D eigenvalue weighted by atomic mass is 10.2. The van der Waals surface area contributed by atoms with Crippen LogP contribution in [-0.2, 0) is 11.3 Å². The molecule has 2 aromatic carbocycles. The lowest BCUT2D eigenvalue weighted by Crippen LogP contribution is -3.13. The highest BCUT2D eigenvalue weighted by molar-refractivity contribution is 6.31. The highest BCUT2D eigenvalue weighted by Gasteiger charge is 2.24. The van der Waals surface area contributed by atoms with Gasteiger partial charge < -0.3 is 14.5 Å². The van der Waals surface area contributed by atoms with Crippen LogP contribution >= 0.6 is 11.6 Å². The fraction of sp³-hybridized carbons (Fsp3) is 0.350. The van der Waals surface area contributed by atoms with Crippen molar-refractivity contribution < 1.29 is 14.4 Å². The van der Waals surface area contributed by atoms with E-state index >= 15 is 0 Å². The van der Waals surface area contributed by atoms with Crippen molar-refractivity contribution in [1.82, 2.24) is 4.90 Å². The van der Waals surface area contributed by atoms with Gasteiger partial charge in [-0.15, -0.1) is 0 Å². The van der Waals surface area contributed by atoms with Crippen molar-refractivity contribution in [2.24, 2.45) is 0 Å². The number of piperazine rings is 1. The summed E-state index contributed by atoms with van der Waals surface area (Å²) in [6.07, 6.45) is 0. The van der Waals surface area contributed by atoms with Gasteiger partial charge in [0.05, 0.1) is 26.2 Å². The fourth-order valence-corrected chi connectivity index (χ4v) is 3.23. The summed E-state index contributed by atoms with van der Waals surface area (Å²) >= 11 is 6.24. The zero-order valence-corrected chi connectivity index (χ0v) is 15.3. The molecule has 1 heterocycles. The number of ether oxygens (including phenoxy) is 1. The van der Waals surface area contributed by atoms with E-state index in [1.54, 1.807) is 0 Å². The molecule has 0 radical (unpaired) electrons. The molecule has 0 aromatic heterocycles. The number of halogens is 1. The van der Waals surface area contributed by atoms with Crippen molar-refractivity contribution in [2.75, 3.05) is 32.8 Å². The van der Waals surface area contributed by atoms with E-state index in [1.165, 1.54) is 16.0 Å². The molecular weight excluding hydrogens is 336 g/mol. The van der Waals surface area contributed by atoms with E-state index < -0.39 is 0 Å². The summed E-state index contributed by atoms with van der Waals surface area (Å²) < 4.78 is 5.60. The first-order valence-corrected chi connectivity index (χ1v) is 9.04. The molecule has 0 aliphatic carbocycles. The fourth-order valence-electron chi connectivity index (χ4n) is 3.03. The van der Waals surface area contributed by atoms with Gasteiger partial charge in [-0.2, -0.15) is 0 Å². The molecule has 5 heteroatoms. The lowest BCUT2D eigenvalue weighted by molar-refractivity contribution is -0.917. The molecule has 0 bridgehead atoms. The highest BCUT2D eigenvalue weighted by Crippen LogP contribution is 2.14. The van der Waals surface area contributed by atoms with Crippen LogP contribution in [0.15, 0.2) is 48.5 Å². The molecule has 1 saturated heterocycles. The van der Waals surface area contributed by atoms with Gasteiger partial charge in [-0.1, -0.05) is 47.5 Å². The van der Waals surface area contributed by atoms with Crippen molar-refractivity contribution in [3.63, 3.8) is 0 Å². The molecule has 2 aromatic rings. The topological polar surface area (TPSA) is 34.0 Å². The lowest BCUT2D eigenvalue weighted by Gasteiger charge is -2.32. The monoisotopic (exact) mass is 359 g/mol. The zero-order chi connectivity index (χ0) is 17.6. The number of quaternary nitrogens is 1.